The number of para-hydroxylation sites is 1. The van der Waals surface area contributed by atoms with Crippen molar-refractivity contribution in [1.29, 1.82) is 0 Å². The van der Waals surface area contributed by atoms with Crippen LogP contribution in [0.1, 0.15) is 23.1 Å². The van der Waals surface area contributed by atoms with Crippen LogP contribution in [-0.4, -0.2) is 11.3 Å². The van der Waals surface area contributed by atoms with Gasteiger partial charge in [-0.25, -0.2) is 0 Å². The van der Waals surface area contributed by atoms with Crippen LogP contribution in [0, 0.1) is 0 Å². The summed E-state index contributed by atoms with van der Waals surface area (Å²) in [5.41, 5.74) is 4.34. The maximum Gasteiger partial charge on any atom is 0.124 e. The van der Waals surface area contributed by atoms with Crippen molar-refractivity contribution in [2.24, 2.45) is 4.99 Å². The van der Waals surface area contributed by atoms with Crippen molar-refractivity contribution in [2.75, 3.05) is 0 Å². The number of aryl methyl sites for hydroxylation is 2. The van der Waals surface area contributed by atoms with Crippen LogP contribution in [-0.2, 0) is 12.8 Å². The van der Waals surface area contributed by atoms with Crippen molar-refractivity contribution in [3.05, 3.63) is 59.2 Å². The Kier molecular flexibility index (Phi) is 2.85. The highest BCUT2D eigenvalue weighted by atomic mass is 16.3. The van der Waals surface area contributed by atoms with Crippen LogP contribution in [0.5, 0.6) is 5.75 Å². The summed E-state index contributed by atoms with van der Waals surface area (Å²) >= 11 is 0. The molecule has 2 heteroatoms. The molecule has 0 saturated carbocycles. The largest absolute Gasteiger partial charge is 0.507 e. The average Bonchev–Trinajstić information content (AvgIpc) is 2.84. The molecular weight excluding hydrogens is 222 g/mol. The van der Waals surface area contributed by atoms with E-state index in [1.807, 2.05) is 36.4 Å². The highest BCUT2D eigenvalue weighted by Gasteiger charge is 2.13. The highest BCUT2D eigenvalue weighted by molar-refractivity contribution is 5.86. The minimum Gasteiger partial charge on any atom is -0.507 e. The molecule has 0 heterocycles. The van der Waals surface area contributed by atoms with Gasteiger partial charge in [0.15, 0.2) is 0 Å². The monoisotopic (exact) mass is 237 g/mol. The van der Waals surface area contributed by atoms with Crippen molar-refractivity contribution < 1.29 is 5.11 Å². The van der Waals surface area contributed by atoms with Gasteiger partial charge in [-0.3, -0.25) is 4.99 Å². The SMILES string of the molecule is Oc1cc2c(cc1C=Nc1ccccc1)CCC2. The Hall–Kier alpha value is -2.09. The van der Waals surface area contributed by atoms with Crippen LogP contribution < -0.4 is 0 Å². The molecule has 0 atom stereocenters. The van der Waals surface area contributed by atoms with Crippen molar-refractivity contribution >= 4 is 11.9 Å². The van der Waals surface area contributed by atoms with Gasteiger partial charge < -0.3 is 5.11 Å². The second-order valence-corrected chi connectivity index (χ2v) is 4.63. The molecule has 2 nitrogen and oxygen atoms in total. The van der Waals surface area contributed by atoms with Gasteiger partial charge in [-0.1, -0.05) is 18.2 Å². The Morgan fingerprint density at radius 2 is 1.72 bits per heavy atom. The molecule has 0 saturated heterocycles. The van der Waals surface area contributed by atoms with Gasteiger partial charge >= 0.3 is 0 Å². The van der Waals surface area contributed by atoms with Crippen LogP contribution in [0.3, 0.4) is 0 Å². The quantitative estimate of drug-likeness (QED) is 0.795. The number of hydrogen-bond acceptors (Lipinski definition) is 2. The zero-order valence-corrected chi connectivity index (χ0v) is 10.1. The normalized spacial score (nSPS) is 14.0. The molecule has 0 unspecified atom stereocenters. The van der Waals surface area contributed by atoms with Gasteiger partial charge in [-0.05, 0) is 54.7 Å². The molecule has 0 radical (unpaired) electrons. The van der Waals surface area contributed by atoms with Gasteiger partial charge in [0.25, 0.3) is 0 Å². The molecular formula is C16H15NO. The minimum atomic E-state index is 0.329. The van der Waals surface area contributed by atoms with Gasteiger partial charge in [-0.15, -0.1) is 0 Å². The smallest absolute Gasteiger partial charge is 0.124 e. The van der Waals surface area contributed by atoms with Crippen molar-refractivity contribution in [3.8, 4) is 5.75 Å². The Balaban J connectivity index is 1.91. The fraction of sp³-hybridized carbons (Fsp3) is 0.188. The van der Waals surface area contributed by atoms with Gasteiger partial charge in [0.2, 0.25) is 0 Å². The van der Waals surface area contributed by atoms with E-state index in [9.17, 15) is 5.11 Å². The standard InChI is InChI=1S/C16H15NO/c18-16-10-13-6-4-5-12(13)9-14(16)11-17-15-7-2-1-3-8-15/h1-3,7-11,18H,4-6H2. The summed E-state index contributed by atoms with van der Waals surface area (Å²) in [6.45, 7) is 0. The number of phenolic OH excluding ortho intramolecular Hbond substituents is 1. The molecule has 1 N–H and O–H groups in total. The molecule has 2 aromatic rings. The van der Waals surface area contributed by atoms with Gasteiger partial charge in [0.1, 0.15) is 5.75 Å². The Morgan fingerprint density at radius 1 is 1.00 bits per heavy atom. The Bertz CT molecular complexity index is 588. The van der Waals surface area contributed by atoms with Gasteiger partial charge in [0.05, 0.1) is 5.69 Å². The first-order chi connectivity index (χ1) is 8.83. The summed E-state index contributed by atoms with van der Waals surface area (Å²) in [6.07, 6.45) is 5.12. The lowest BCUT2D eigenvalue weighted by atomic mass is 10.1. The van der Waals surface area contributed by atoms with E-state index >= 15 is 0 Å². The van der Waals surface area contributed by atoms with Gasteiger partial charge in [0, 0.05) is 11.8 Å². The molecule has 1 aliphatic carbocycles. The summed E-state index contributed by atoms with van der Waals surface area (Å²) in [5.74, 6) is 0.329. The topological polar surface area (TPSA) is 32.6 Å². The third-order valence-corrected chi connectivity index (χ3v) is 3.35. The van der Waals surface area contributed by atoms with E-state index in [1.165, 1.54) is 17.5 Å². The summed E-state index contributed by atoms with van der Waals surface area (Å²) in [7, 11) is 0. The maximum atomic E-state index is 9.96. The van der Waals surface area contributed by atoms with E-state index in [0.717, 1.165) is 24.1 Å². The maximum absolute atomic E-state index is 9.96. The summed E-state index contributed by atoms with van der Waals surface area (Å²) in [4.78, 5) is 4.38. The molecule has 0 fully saturated rings. The van der Waals surface area contributed by atoms with Crippen LogP contribution in [0.25, 0.3) is 0 Å². The van der Waals surface area contributed by atoms with Crippen molar-refractivity contribution in [1.82, 2.24) is 0 Å². The number of fused-ring (bicyclic) bond motifs is 1. The zero-order chi connectivity index (χ0) is 12.4. The lowest BCUT2D eigenvalue weighted by Gasteiger charge is -2.04. The second kappa shape index (κ2) is 4.65. The van der Waals surface area contributed by atoms with Gasteiger partial charge in [-0.2, -0.15) is 0 Å². The van der Waals surface area contributed by atoms with E-state index < -0.39 is 0 Å². The molecule has 0 amide bonds. The van der Waals surface area contributed by atoms with E-state index in [2.05, 4.69) is 11.1 Å². The molecule has 0 aliphatic heterocycles. The highest BCUT2D eigenvalue weighted by Crippen LogP contribution is 2.28. The summed E-state index contributed by atoms with van der Waals surface area (Å²) in [5, 5.41) is 9.96. The van der Waals surface area contributed by atoms with Crippen molar-refractivity contribution in [3.63, 3.8) is 0 Å². The minimum absolute atomic E-state index is 0.329. The van der Waals surface area contributed by atoms with Crippen LogP contribution in [0.2, 0.25) is 0 Å². The number of hydrogen-bond donors (Lipinski definition) is 1. The number of nitrogens with zero attached hydrogens (tertiary/aromatic N) is 1. The fourth-order valence-corrected chi connectivity index (χ4v) is 2.39. The van der Waals surface area contributed by atoms with E-state index in [1.54, 1.807) is 6.21 Å². The predicted octanol–water partition coefficient (Wildman–Crippen LogP) is 3.63. The third-order valence-electron chi connectivity index (χ3n) is 3.35. The molecule has 0 spiro atoms. The van der Waals surface area contributed by atoms with Crippen LogP contribution in [0.15, 0.2) is 47.5 Å². The number of rotatable bonds is 2. The lowest BCUT2D eigenvalue weighted by Crippen LogP contribution is -1.88. The fourth-order valence-electron chi connectivity index (χ4n) is 2.39. The summed E-state index contributed by atoms with van der Waals surface area (Å²) in [6, 6.07) is 13.7. The second-order valence-electron chi connectivity index (χ2n) is 4.63. The third kappa shape index (κ3) is 2.14. The lowest BCUT2D eigenvalue weighted by molar-refractivity contribution is 0.474. The Labute approximate surface area is 107 Å². The van der Waals surface area contributed by atoms with E-state index in [-0.39, 0.29) is 0 Å². The molecule has 90 valence electrons. The number of aromatic hydroxyl groups is 1. The first-order valence-corrected chi connectivity index (χ1v) is 6.27. The van der Waals surface area contributed by atoms with Crippen molar-refractivity contribution in [2.45, 2.75) is 19.3 Å². The zero-order valence-electron chi connectivity index (χ0n) is 10.1. The predicted molar refractivity (Wildman–Crippen MR) is 73.8 cm³/mol. The van der Waals surface area contributed by atoms with Crippen LogP contribution in [0.4, 0.5) is 5.69 Å². The molecule has 1 aliphatic rings. The van der Waals surface area contributed by atoms with E-state index in [0.29, 0.717) is 5.75 Å². The molecule has 2 aromatic carbocycles. The van der Waals surface area contributed by atoms with E-state index in [4.69, 9.17) is 0 Å². The Morgan fingerprint density at radius 3 is 2.50 bits per heavy atom. The first-order valence-electron chi connectivity index (χ1n) is 6.27. The molecule has 0 aromatic heterocycles. The van der Waals surface area contributed by atoms with Crippen LogP contribution >= 0.6 is 0 Å². The molecule has 0 bridgehead atoms. The number of benzene rings is 2. The number of aliphatic imine (C=N–C) groups is 1. The molecule has 3 rings (SSSR count). The first kappa shape index (κ1) is 11.0. The average molecular weight is 237 g/mol. The summed E-state index contributed by atoms with van der Waals surface area (Å²) < 4.78 is 0. The molecule has 18 heavy (non-hydrogen) atoms. The number of phenols is 1.